The Labute approximate surface area is 200 Å². The van der Waals surface area contributed by atoms with Crippen LogP contribution in [-0.2, 0) is 9.59 Å². The second-order valence-corrected chi connectivity index (χ2v) is 7.63. The van der Waals surface area contributed by atoms with Gasteiger partial charge in [-0.2, -0.15) is 0 Å². The smallest absolute Gasteiger partial charge is 0.223 e. The van der Waals surface area contributed by atoms with Gasteiger partial charge in [0.1, 0.15) is 23.1 Å². The van der Waals surface area contributed by atoms with Gasteiger partial charge in [-0.05, 0) is 80.4 Å². The molecule has 7 heteroatoms. The van der Waals surface area contributed by atoms with Crippen molar-refractivity contribution < 1.29 is 18.7 Å². The summed E-state index contributed by atoms with van der Waals surface area (Å²) >= 11 is 0. The topological polar surface area (TPSA) is 80.3 Å². The molecule has 34 heavy (non-hydrogen) atoms. The van der Waals surface area contributed by atoms with Crippen molar-refractivity contribution in [2.75, 3.05) is 11.9 Å². The Hall–Kier alpha value is -3.74. The van der Waals surface area contributed by atoms with E-state index >= 15 is 0 Å². The molecule has 2 aromatic carbocycles. The third-order valence-electron chi connectivity index (χ3n) is 4.45. The van der Waals surface area contributed by atoms with Gasteiger partial charge in [0.05, 0.1) is 5.69 Å². The fourth-order valence-corrected chi connectivity index (χ4v) is 2.73. The van der Waals surface area contributed by atoms with E-state index in [1.54, 1.807) is 30.3 Å². The first kappa shape index (κ1) is 26.5. The van der Waals surface area contributed by atoms with Crippen molar-refractivity contribution in [2.24, 2.45) is 5.92 Å². The molecule has 0 spiro atoms. The molecule has 4 rings (SSSR count). The molecule has 0 atom stereocenters. The Kier molecular flexibility index (Phi) is 11.2. The molecule has 1 aliphatic carbocycles. The Morgan fingerprint density at radius 2 is 1.59 bits per heavy atom. The Balaban J connectivity index is 0.000000309. The van der Waals surface area contributed by atoms with E-state index < -0.39 is 0 Å². The molecule has 2 N–H and O–H groups in total. The van der Waals surface area contributed by atoms with Gasteiger partial charge in [0.15, 0.2) is 0 Å². The summed E-state index contributed by atoms with van der Waals surface area (Å²) in [6, 6.07) is 18.6. The van der Waals surface area contributed by atoms with Gasteiger partial charge >= 0.3 is 0 Å². The number of carbonyl (C=O) groups excluding carboxylic acids is 2. The van der Waals surface area contributed by atoms with E-state index in [0.717, 1.165) is 30.6 Å². The van der Waals surface area contributed by atoms with Crippen LogP contribution in [0.25, 0.3) is 11.3 Å². The monoisotopic (exact) mass is 465 g/mol. The van der Waals surface area contributed by atoms with E-state index in [1.807, 2.05) is 31.2 Å². The van der Waals surface area contributed by atoms with E-state index in [0.29, 0.717) is 29.6 Å². The molecule has 0 saturated heterocycles. The second-order valence-electron chi connectivity index (χ2n) is 7.63. The number of ether oxygens (including phenoxy) is 1. The van der Waals surface area contributed by atoms with Gasteiger partial charge in [0.25, 0.3) is 0 Å². The molecule has 0 aliphatic heterocycles. The van der Waals surface area contributed by atoms with Gasteiger partial charge in [-0.1, -0.05) is 26.3 Å². The van der Waals surface area contributed by atoms with Crippen molar-refractivity contribution in [1.82, 2.24) is 10.3 Å². The lowest BCUT2D eigenvalue weighted by Gasteiger charge is -2.07. The zero-order valence-electron chi connectivity index (χ0n) is 19.9. The molecule has 0 bridgehead atoms. The zero-order chi connectivity index (χ0) is 24.8. The summed E-state index contributed by atoms with van der Waals surface area (Å²) in [5.74, 6) is 2.01. The summed E-state index contributed by atoms with van der Waals surface area (Å²) in [5.41, 5.74) is 1.64. The summed E-state index contributed by atoms with van der Waals surface area (Å²) in [5, 5.41) is 5.29. The highest BCUT2D eigenvalue weighted by Crippen LogP contribution is 2.28. The summed E-state index contributed by atoms with van der Waals surface area (Å²) < 4.78 is 18.5. The summed E-state index contributed by atoms with van der Waals surface area (Å²) in [4.78, 5) is 25.5. The van der Waals surface area contributed by atoms with E-state index in [1.165, 1.54) is 18.6 Å². The number of hydrogen-bond acceptors (Lipinski definition) is 4. The average molecular weight is 466 g/mol. The van der Waals surface area contributed by atoms with Crippen LogP contribution in [0.4, 0.5) is 10.2 Å². The second kappa shape index (κ2) is 14.4. The molecular weight excluding hydrogens is 433 g/mol. The van der Waals surface area contributed by atoms with Crippen molar-refractivity contribution >= 4 is 18.1 Å². The molecule has 6 nitrogen and oxygen atoms in total. The number of carbonyl (C=O) groups is 2. The highest BCUT2D eigenvalue weighted by atomic mass is 19.1. The fraction of sp³-hybridized carbons (Fsp3) is 0.296. The van der Waals surface area contributed by atoms with Crippen LogP contribution in [-0.4, -0.2) is 23.8 Å². The maximum atomic E-state index is 12.9. The van der Waals surface area contributed by atoms with Gasteiger partial charge in [-0.25, -0.2) is 9.37 Å². The number of halogens is 1. The Morgan fingerprint density at radius 3 is 2.12 bits per heavy atom. The number of hydrogen-bond donors (Lipinski definition) is 2. The van der Waals surface area contributed by atoms with Crippen molar-refractivity contribution in [3.05, 3.63) is 72.5 Å². The van der Waals surface area contributed by atoms with Crippen LogP contribution in [0.5, 0.6) is 11.5 Å². The summed E-state index contributed by atoms with van der Waals surface area (Å²) in [6.07, 6.45) is 4.05. The van der Waals surface area contributed by atoms with Crippen LogP contribution in [0.15, 0.2) is 66.7 Å². The number of anilines is 1. The molecule has 1 heterocycles. The molecule has 3 aromatic rings. The van der Waals surface area contributed by atoms with Gasteiger partial charge in [-0.3, -0.25) is 9.59 Å². The predicted octanol–water partition coefficient (Wildman–Crippen LogP) is 6.20. The third-order valence-corrected chi connectivity index (χ3v) is 4.45. The number of aromatic nitrogens is 1. The lowest BCUT2D eigenvalue weighted by Crippen LogP contribution is -2.23. The molecular formula is C27H32FN3O3. The number of rotatable bonds is 7. The van der Waals surface area contributed by atoms with Crippen LogP contribution in [0.1, 0.15) is 40.0 Å². The highest BCUT2D eigenvalue weighted by molar-refractivity contribution is 5.80. The van der Waals surface area contributed by atoms with E-state index in [2.05, 4.69) is 29.5 Å². The Morgan fingerprint density at radius 1 is 1.00 bits per heavy atom. The van der Waals surface area contributed by atoms with Crippen LogP contribution < -0.4 is 15.4 Å². The Bertz CT molecular complexity index is 1020. The van der Waals surface area contributed by atoms with Crippen LogP contribution in [0.2, 0.25) is 0 Å². The fourth-order valence-electron chi connectivity index (χ4n) is 2.73. The van der Waals surface area contributed by atoms with Crippen molar-refractivity contribution in [3.8, 4) is 22.8 Å². The average Bonchev–Trinajstić information content (AvgIpc) is 3.69. The maximum absolute atomic E-state index is 12.9. The molecule has 1 saturated carbocycles. The third kappa shape index (κ3) is 9.40. The van der Waals surface area contributed by atoms with Crippen LogP contribution in [0, 0.1) is 11.7 Å². The lowest BCUT2D eigenvalue weighted by atomic mass is 10.1. The van der Waals surface area contributed by atoms with Gasteiger partial charge in [0, 0.05) is 18.0 Å². The largest absolute Gasteiger partial charge is 0.457 e. The van der Waals surface area contributed by atoms with E-state index in [9.17, 15) is 14.0 Å². The lowest BCUT2D eigenvalue weighted by molar-refractivity contribution is -0.122. The van der Waals surface area contributed by atoms with E-state index in [-0.39, 0.29) is 11.7 Å². The van der Waals surface area contributed by atoms with Crippen LogP contribution >= 0.6 is 0 Å². The zero-order valence-corrected chi connectivity index (χ0v) is 19.9. The predicted molar refractivity (Wildman–Crippen MR) is 133 cm³/mol. The molecule has 1 fully saturated rings. The quantitative estimate of drug-likeness (QED) is 0.407. The van der Waals surface area contributed by atoms with Crippen molar-refractivity contribution in [1.29, 1.82) is 0 Å². The number of amides is 2. The highest BCUT2D eigenvalue weighted by Gasteiger charge is 2.28. The summed E-state index contributed by atoms with van der Waals surface area (Å²) in [7, 11) is 0. The first-order valence-electron chi connectivity index (χ1n) is 11.5. The van der Waals surface area contributed by atoms with E-state index in [4.69, 9.17) is 4.74 Å². The number of pyridine rings is 1. The minimum atomic E-state index is -0.303. The molecule has 1 aromatic heterocycles. The molecule has 2 amide bonds. The normalized spacial score (nSPS) is 11.6. The van der Waals surface area contributed by atoms with Crippen molar-refractivity contribution in [2.45, 2.75) is 40.0 Å². The molecule has 0 radical (unpaired) electrons. The molecule has 180 valence electrons. The number of nitrogens with one attached hydrogen (secondary N) is 2. The first-order valence-corrected chi connectivity index (χ1v) is 11.5. The standard InChI is InChI=1S/C18H13FN2O2.C6H11NO.C3H8/c19-14-6-10-16(11-7-14)23-15-8-4-13(5-9-15)17-2-1-3-18(21-17)20-12-22;1-2-7-6(8)5-3-4-5;1-3-2/h1-12H,(H,20,21,22);5H,2-4H2,1H3,(H,7,8);3H2,1-2H3. The van der Waals surface area contributed by atoms with Gasteiger partial charge < -0.3 is 15.4 Å². The maximum Gasteiger partial charge on any atom is 0.223 e. The minimum Gasteiger partial charge on any atom is -0.457 e. The summed E-state index contributed by atoms with van der Waals surface area (Å²) in [6.45, 7) is 6.97. The number of nitrogens with zero attached hydrogens (tertiary/aromatic N) is 1. The SMILES string of the molecule is CCC.CCNC(=O)C1CC1.O=CNc1cccc(-c2ccc(Oc3ccc(F)cc3)cc2)n1. The number of benzene rings is 2. The molecule has 0 unspecified atom stereocenters. The van der Waals surface area contributed by atoms with Gasteiger partial charge in [-0.15, -0.1) is 0 Å². The minimum absolute atomic E-state index is 0.243. The van der Waals surface area contributed by atoms with Crippen molar-refractivity contribution in [3.63, 3.8) is 0 Å². The van der Waals surface area contributed by atoms with Gasteiger partial charge in [0.2, 0.25) is 12.3 Å². The first-order chi connectivity index (χ1) is 16.5. The van der Waals surface area contributed by atoms with Crippen LogP contribution in [0.3, 0.4) is 0 Å². The molecule has 1 aliphatic rings.